The molecule has 6 atom stereocenters. The molecule has 7 nitrogen and oxygen atoms in total. The Balaban J connectivity index is 1.88. The molecule has 0 aromatic carbocycles. The van der Waals surface area contributed by atoms with Gasteiger partial charge < -0.3 is 33.5 Å². The molecule has 0 saturated carbocycles. The van der Waals surface area contributed by atoms with Gasteiger partial charge in [0, 0.05) is 20.6 Å². The standard InChI is InChI=1S/C22H38O7/c1-16-6-7-18-20(2,27-14-24-4)10-9-19(29-18)21(3,28-15-25-5)12-17(23)22(11-8-16)13-26-22/h8,17-19,23H,6-7,9-15H2,1-5H3/b16-8+/t17-,18-,19+,20+,21-,22+/m1/s1. The van der Waals surface area contributed by atoms with Crippen molar-refractivity contribution in [3.8, 4) is 0 Å². The van der Waals surface area contributed by atoms with Crippen molar-refractivity contribution in [2.75, 3.05) is 34.4 Å². The lowest BCUT2D eigenvalue weighted by Crippen LogP contribution is -2.58. The van der Waals surface area contributed by atoms with Gasteiger partial charge in [0.15, 0.2) is 0 Å². The quantitative estimate of drug-likeness (QED) is 0.407. The average molecular weight is 415 g/mol. The monoisotopic (exact) mass is 414 g/mol. The Morgan fingerprint density at radius 1 is 1.07 bits per heavy atom. The predicted octanol–water partition coefficient (Wildman–Crippen LogP) is 2.94. The van der Waals surface area contributed by atoms with Crippen LogP contribution in [-0.2, 0) is 28.4 Å². The number of aliphatic hydroxyl groups is 1. The van der Waals surface area contributed by atoms with Crippen LogP contribution >= 0.6 is 0 Å². The summed E-state index contributed by atoms with van der Waals surface area (Å²) in [6.07, 6.45) is 5.81. The molecule has 168 valence electrons. The zero-order chi connectivity index (χ0) is 21.1. The fraction of sp³-hybridized carbons (Fsp3) is 0.909. The van der Waals surface area contributed by atoms with Gasteiger partial charge >= 0.3 is 0 Å². The lowest BCUT2D eigenvalue weighted by Gasteiger charge is -2.49. The summed E-state index contributed by atoms with van der Waals surface area (Å²) >= 11 is 0. The minimum Gasteiger partial charge on any atom is -0.390 e. The van der Waals surface area contributed by atoms with Gasteiger partial charge in [0.1, 0.15) is 19.2 Å². The van der Waals surface area contributed by atoms with Gasteiger partial charge in [0.2, 0.25) is 0 Å². The van der Waals surface area contributed by atoms with Crippen molar-refractivity contribution >= 4 is 0 Å². The van der Waals surface area contributed by atoms with Crippen molar-refractivity contribution < 1.29 is 33.5 Å². The van der Waals surface area contributed by atoms with E-state index >= 15 is 0 Å². The molecule has 3 rings (SSSR count). The first-order valence-corrected chi connectivity index (χ1v) is 10.7. The number of aliphatic hydroxyl groups excluding tert-OH is 1. The summed E-state index contributed by atoms with van der Waals surface area (Å²) in [7, 11) is 3.24. The number of epoxide rings is 1. The molecule has 7 heteroatoms. The van der Waals surface area contributed by atoms with Crippen LogP contribution in [0.5, 0.6) is 0 Å². The summed E-state index contributed by atoms with van der Waals surface area (Å²) in [5, 5.41) is 11.0. The first-order chi connectivity index (χ1) is 13.8. The lowest BCUT2D eigenvalue weighted by molar-refractivity contribution is -0.269. The fourth-order valence-electron chi connectivity index (χ4n) is 4.56. The van der Waals surface area contributed by atoms with Gasteiger partial charge in [0.05, 0.1) is 36.1 Å². The molecule has 0 radical (unpaired) electrons. The molecule has 0 aliphatic carbocycles. The van der Waals surface area contributed by atoms with Crippen molar-refractivity contribution in [1.29, 1.82) is 0 Å². The molecule has 2 saturated heterocycles. The molecule has 1 N–H and O–H groups in total. The molecule has 0 aromatic heterocycles. The van der Waals surface area contributed by atoms with Gasteiger partial charge in [0.25, 0.3) is 0 Å². The SMILES string of the molecule is COCO[C@]1(C)C[C@@H](O)[C@]2(C/C=C(\C)CC[C@H]3O[C@H]1CC[C@]3(C)OCOC)CO2. The molecule has 2 fully saturated rings. The summed E-state index contributed by atoms with van der Waals surface area (Å²) in [6.45, 7) is 7.22. The van der Waals surface area contributed by atoms with Crippen LogP contribution in [-0.4, -0.2) is 74.6 Å². The largest absolute Gasteiger partial charge is 0.390 e. The Morgan fingerprint density at radius 3 is 2.31 bits per heavy atom. The molecule has 3 aliphatic rings. The first kappa shape index (κ1) is 23.1. The molecule has 1 spiro atoms. The van der Waals surface area contributed by atoms with E-state index in [4.69, 9.17) is 28.4 Å². The molecule has 0 unspecified atom stereocenters. The van der Waals surface area contributed by atoms with Crippen molar-refractivity contribution in [3.05, 3.63) is 11.6 Å². The second kappa shape index (κ2) is 9.30. The van der Waals surface area contributed by atoms with Crippen LogP contribution in [0.2, 0.25) is 0 Å². The Kier molecular flexibility index (Phi) is 7.42. The van der Waals surface area contributed by atoms with E-state index in [9.17, 15) is 5.11 Å². The maximum Gasteiger partial charge on any atom is 0.147 e. The second-order valence-corrected chi connectivity index (χ2v) is 9.25. The van der Waals surface area contributed by atoms with E-state index < -0.39 is 22.9 Å². The Hall–Kier alpha value is -0.540. The number of ether oxygens (including phenoxy) is 6. The maximum atomic E-state index is 11.0. The molecule has 3 heterocycles. The van der Waals surface area contributed by atoms with Crippen LogP contribution in [0.3, 0.4) is 0 Å². The third kappa shape index (κ3) is 5.21. The molecular formula is C22H38O7. The normalized spacial score (nSPS) is 45.2. The van der Waals surface area contributed by atoms with Gasteiger partial charge in [-0.05, 0) is 52.9 Å². The zero-order valence-electron chi connectivity index (χ0n) is 18.6. The number of hydrogen-bond donors (Lipinski definition) is 1. The Morgan fingerprint density at radius 2 is 1.69 bits per heavy atom. The van der Waals surface area contributed by atoms with Crippen LogP contribution in [0.1, 0.15) is 59.3 Å². The predicted molar refractivity (Wildman–Crippen MR) is 108 cm³/mol. The van der Waals surface area contributed by atoms with Gasteiger partial charge in [-0.1, -0.05) is 11.6 Å². The summed E-state index contributed by atoms with van der Waals surface area (Å²) in [5.74, 6) is 0. The second-order valence-electron chi connectivity index (χ2n) is 9.25. The van der Waals surface area contributed by atoms with Crippen molar-refractivity contribution in [1.82, 2.24) is 0 Å². The van der Waals surface area contributed by atoms with Crippen LogP contribution in [0.25, 0.3) is 0 Å². The third-order valence-corrected chi connectivity index (χ3v) is 6.92. The molecule has 2 bridgehead atoms. The van der Waals surface area contributed by atoms with Crippen LogP contribution in [0, 0.1) is 0 Å². The highest BCUT2D eigenvalue weighted by atomic mass is 16.7. The van der Waals surface area contributed by atoms with E-state index in [1.165, 1.54) is 5.57 Å². The number of fused-ring (bicyclic) bond motifs is 2. The number of allylic oxidation sites excluding steroid dienone is 1. The minimum absolute atomic E-state index is 0.0899. The van der Waals surface area contributed by atoms with Crippen LogP contribution < -0.4 is 0 Å². The van der Waals surface area contributed by atoms with Crippen LogP contribution in [0.4, 0.5) is 0 Å². The van der Waals surface area contributed by atoms with Gasteiger partial charge in [-0.2, -0.15) is 0 Å². The Labute approximate surface area is 174 Å². The topological polar surface area (TPSA) is 78.9 Å². The third-order valence-electron chi connectivity index (χ3n) is 6.92. The number of rotatable bonds is 6. The highest BCUT2D eigenvalue weighted by Gasteiger charge is 2.55. The number of methoxy groups -OCH3 is 2. The maximum absolute atomic E-state index is 11.0. The average Bonchev–Trinajstić information content (AvgIpc) is 3.49. The summed E-state index contributed by atoms with van der Waals surface area (Å²) < 4.78 is 34.9. The van der Waals surface area contributed by atoms with E-state index in [1.807, 2.05) is 6.92 Å². The molecule has 3 aliphatic heterocycles. The van der Waals surface area contributed by atoms with E-state index in [0.717, 1.165) is 25.7 Å². The minimum atomic E-state index is -0.687. The fourth-order valence-corrected chi connectivity index (χ4v) is 4.56. The molecule has 0 aromatic rings. The van der Waals surface area contributed by atoms with Gasteiger partial charge in [-0.15, -0.1) is 0 Å². The smallest absolute Gasteiger partial charge is 0.147 e. The zero-order valence-corrected chi connectivity index (χ0v) is 18.6. The molecule has 0 amide bonds. The Bertz CT molecular complexity index is 576. The van der Waals surface area contributed by atoms with E-state index in [-0.39, 0.29) is 25.8 Å². The molecular weight excluding hydrogens is 376 g/mol. The van der Waals surface area contributed by atoms with Crippen molar-refractivity contribution in [2.45, 2.75) is 94.4 Å². The van der Waals surface area contributed by atoms with Gasteiger partial charge in [-0.3, -0.25) is 0 Å². The molecule has 29 heavy (non-hydrogen) atoms. The van der Waals surface area contributed by atoms with Gasteiger partial charge in [-0.25, -0.2) is 0 Å². The van der Waals surface area contributed by atoms with E-state index in [0.29, 0.717) is 19.4 Å². The van der Waals surface area contributed by atoms with E-state index in [1.54, 1.807) is 14.2 Å². The summed E-state index contributed by atoms with van der Waals surface area (Å²) in [5.41, 5.74) is -0.320. The highest BCUT2D eigenvalue weighted by molar-refractivity contribution is 5.11. The van der Waals surface area contributed by atoms with E-state index in [2.05, 4.69) is 19.9 Å². The first-order valence-electron chi connectivity index (χ1n) is 10.7. The van der Waals surface area contributed by atoms with Crippen LogP contribution in [0.15, 0.2) is 11.6 Å². The summed E-state index contributed by atoms with van der Waals surface area (Å²) in [6, 6.07) is 0. The summed E-state index contributed by atoms with van der Waals surface area (Å²) in [4.78, 5) is 0. The highest BCUT2D eigenvalue weighted by Crippen LogP contribution is 2.45. The lowest BCUT2D eigenvalue weighted by atomic mass is 9.77. The van der Waals surface area contributed by atoms with Crippen molar-refractivity contribution in [2.24, 2.45) is 0 Å². The number of hydrogen-bond acceptors (Lipinski definition) is 7. The van der Waals surface area contributed by atoms with Crippen molar-refractivity contribution in [3.63, 3.8) is 0 Å².